The fourth-order valence-electron chi connectivity index (χ4n) is 7.54. The number of carbonyl (C=O) groups excluding carboxylic acids is 1. The number of fused-ring (bicyclic) bond motifs is 3. The molecule has 216 valence electrons. The first-order valence-electron chi connectivity index (χ1n) is 14.7. The lowest BCUT2D eigenvalue weighted by Gasteiger charge is -2.50. The number of ether oxygens (including phenoxy) is 3. The summed E-state index contributed by atoms with van der Waals surface area (Å²) >= 11 is 6.51. The van der Waals surface area contributed by atoms with E-state index in [0.29, 0.717) is 44.3 Å². The lowest BCUT2D eigenvalue weighted by Crippen LogP contribution is -2.58. The van der Waals surface area contributed by atoms with Gasteiger partial charge in [0.15, 0.2) is 11.5 Å². The zero-order chi connectivity index (χ0) is 27.8. The van der Waals surface area contributed by atoms with Crippen LogP contribution in [0.15, 0.2) is 10.6 Å². The van der Waals surface area contributed by atoms with Crippen LogP contribution in [0.25, 0.3) is 11.5 Å². The molecule has 4 fully saturated rings. The summed E-state index contributed by atoms with van der Waals surface area (Å²) in [5.41, 5.74) is 1.63. The highest BCUT2D eigenvalue weighted by molar-refractivity contribution is 6.28. The summed E-state index contributed by atoms with van der Waals surface area (Å²) in [5.74, 6) is 0.777. The van der Waals surface area contributed by atoms with E-state index in [0.717, 1.165) is 74.9 Å². The highest BCUT2D eigenvalue weighted by atomic mass is 35.5. The molecule has 0 bridgehead atoms. The van der Waals surface area contributed by atoms with Gasteiger partial charge in [-0.3, -0.25) is 4.90 Å². The van der Waals surface area contributed by atoms with E-state index in [-0.39, 0.29) is 22.3 Å². The molecule has 0 aromatic carbocycles. The highest BCUT2D eigenvalue weighted by Crippen LogP contribution is 2.57. The molecule has 5 aliphatic rings. The molecule has 0 N–H and O–H groups in total. The molecule has 2 saturated heterocycles. The van der Waals surface area contributed by atoms with E-state index >= 15 is 0 Å². The van der Waals surface area contributed by atoms with Gasteiger partial charge in [0.2, 0.25) is 5.28 Å². The summed E-state index contributed by atoms with van der Waals surface area (Å²) < 4.78 is 24.5. The van der Waals surface area contributed by atoms with Gasteiger partial charge in [0.1, 0.15) is 17.1 Å². The SMILES string of the molecule is CC(C)(C)OC(=O)N1CCN(c2cc(-c3onc4c3CCC[C@@]43CCCCC34OCCO4)nc(Cl)n2)CC12CC2. The standard InChI is InChI=1S/C29H38ClN5O5/c1-26(2,3)39-25(36)35-14-13-34(18-27(35)11-12-27)21-17-20(31-24(30)32-21)22-19-7-6-9-28(23(19)33-40-22)8-4-5-10-29(28)37-15-16-38-29/h17H,4-16,18H2,1-3H3/t28-/m0/s1. The van der Waals surface area contributed by atoms with Gasteiger partial charge in [-0.15, -0.1) is 0 Å². The number of carbonyl (C=O) groups is 1. The summed E-state index contributed by atoms with van der Waals surface area (Å²) in [4.78, 5) is 26.2. The first-order chi connectivity index (χ1) is 19.1. The lowest BCUT2D eigenvalue weighted by atomic mass is 9.61. The number of halogens is 1. The molecule has 4 heterocycles. The van der Waals surface area contributed by atoms with Crippen LogP contribution in [-0.4, -0.2) is 75.9 Å². The first kappa shape index (κ1) is 26.5. The van der Waals surface area contributed by atoms with Gasteiger partial charge in [-0.2, -0.15) is 0 Å². The Morgan fingerprint density at radius 3 is 2.52 bits per heavy atom. The zero-order valence-corrected chi connectivity index (χ0v) is 24.4. The third-order valence-corrected chi connectivity index (χ3v) is 9.62. The number of amides is 1. The van der Waals surface area contributed by atoms with Crippen molar-refractivity contribution >= 4 is 23.5 Å². The van der Waals surface area contributed by atoms with Crippen LogP contribution in [0.4, 0.5) is 10.6 Å². The predicted octanol–water partition coefficient (Wildman–Crippen LogP) is 5.27. The van der Waals surface area contributed by atoms with Crippen LogP contribution in [0, 0.1) is 0 Å². The summed E-state index contributed by atoms with van der Waals surface area (Å²) in [5, 5.41) is 4.85. The van der Waals surface area contributed by atoms with Crippen molar-refractivity contribution in [2.24, 2.45) is 0 Å². The summed E-state index contributed by atoms with van der Waals surface area (Å²) in [7, 11) is 0. The van der Waals surface area contributed by atoms with Crippen molar-refractivity contribution in [3.63, 3.8) is 0 Å². The Labute approximate surface area is 239 Å². The molecule has 2 saturated carbocycles. The Balaban J connectivity index is 1.18. The van der Waals surface area contributed by atoms with Crippen molar-refractivity contribution in [1.82, 2.24) is 20.0 Å². The van der Waals surface area contributed by atoms with Crippen LogP contribution in [0.1, 0.15) is 83.4 Å². The van der Waals surface area contributed by atoms with Crippen molar-refractivity contribution in [2.45, 2.75) is 101 Å². The van der Waals surface area contributed by atoms with Crippen LogP contribution in [0.3, 0.4) is 0 Å². The maximum Gasteiger partial charge on any atom is 0.410 e. The van der Waals surface area contributed by atoms with Gasteiger partial charge < -0.3 is 23.6 Å². The van der Waals surface area contributed by atoms with E-state index in [2.05, 4.69) is 20.0 Å². The largest absolute Gasteiger partial charge is 0.444 e. The second-order valence-corrected chi connectivity index (χ2v) is 13.4. The molecule has 0 unspecified atom stereocenters. The Bertz CT molecular complexity index is 1310. The Morgan fingerprint density at radius 2 is 1.77 bits per heavy atom. The monoisotopic (exact) mass is 571 g/mol. The van der Waals surface area contributed by atoms with Gasteiger partial charge >= 0.3 is 6.09 Å². The average Bonchev–Trinajstić information content (AvgIpc) is 3.30. The van der Waals surface area contributed by atoms with Gasteiger partial charge in [0, 0.05) is 37.7 Å². The van der Waals surface area contributed by atoms with E-state index in [9.17, 15) is 4.79 Å². The number of piperazine rings is 1. The smallest absolute Gasteiger partial charge is 0.410 e. The van der Waals surface area contributed by atoms with Crippen molar-refractivity contribution in [1.29, 1.82) is 0 Å². The first-order valence-corrected chi connectivity index (χ1v) is 15.1. The maximum atomic E-state index is 12.9. The summed E-state index contributed by atoms with van der Waals surface area (Å²) in [6.45, 7) is 8.81. The molecule has 1 atom stereocenters. The number of hydrogen-bond acceptors (Lipinski definition) is 9. The second-order valence-electron chi connectivity index (χ2n) is 13.1. The second kappa shape index (κ2) is 9.29. The van der Waals surface area contributed by atoms with Gasteiger partial charge in [-0.1, -0.05) is 11.6 Å². The van der Waals surface area contributed by atoms with E-state index in [1.54, 1.807) is 0 Å². The van der Waals surface area contributed by atoms with Crippen LogP contribution in [-0.2, 0) is 26.0 Å². The van der Waals surface area contributed by atoms with E-state index in [1.165, 1.54) is 0 Å². The number of hydrogen-bond donors (Lipinski definition) is 0. The van der Waals surface area contributed by atoms with Crippen LogP contribution in [0.5, 0.6) is 0 Å². The Morgan fingerprint density at radius 1 is 1.02 bits per heavy atom. The molecular formula is C29H38ClN5O5. The molecule has 7 rings (SSSR count). The lowest BCUT2D eigenvalue weighted by molar-refractivity contribution is -0.231. The minimum atomic E-state index is -0.616. The minimum Gasteiger partial charge on any atom is -0.444 e. The number of nitrogens with zero attached hydrogens (tertiary/aromatic N) is 5. The molecule has 2 aliphatic heterocycles. The maximum absolute atomic E-state index is 12.9. The third kappa shape index (κ3) is 4.20. The fraction of sp³-hybridized carbons (Fsp3) is 0.724. The van der Waals surface area contributed by atoms with Crippen molar-refractivity contribution in [2.75, 3.05) is 37.7 Å². The van der Waals surface area contributed by atoms with Crippen molar-refractivity contribution in [3.05, 3.63) is 22.6 Å². The fourth-order valence-corrected chi connectivity index (χ4v) is 7.72. The van der Waals surface area contributed by atoms with Crippen molar-refractivity contribution in [3.8, 4) is 11.5 Å². The zero-order valence-electron chi connectivity index (χ0n) is 23.6. The van der Waals surface area contributed by atoms with Crippen LogP contribution >= 0.6 is 11.6 Å². The molecule has 1 amide bonds. The minimum absolute atomic E-state index is 0.166. The molecule has 2 aromatic rings. The van der Waals surface area contributed by atoms with Crippen LogP contribution < -0.4 is 4.90 Å². The van der Waals surface area contributed by atoms with Crippen molar-refractivity contribution < 1.29 is 23.5 Å². The van der Waals surface area contributed by atoms with Gasteiger partial charge in [-0.05, 0) is 77.3 Å². The van der Waals surface area contributed by atoms with E-state index in [1.807, 2.05) is 31.7 Å². The van der Waals surface area contributed by atoms with E-state index in [4.69, 9.17) is 30.3 Å². The third-order valence-electron chi connectivity index (χ3n) is 9.45. The molecule has 3 spiro atoms. The summed E-state index contributed by atoms with van der Waals surface area (Å²) in [6, 6.07) is 1.95. The molecule has 11 heteroatoms. The number of anilines is 1. The molecule has 0 radical (unpaired) electrons. The Hall–Kier alpha value is -2.43. The molecular weight excluding hydrogens is 534 g/mol. The number of aromatic nitrogens is 3. The topological polar surface area (TPSA) is 103 Å². The Kier molecular flexibility index (Phi) is 6.15. The summed E-state index contributed by atoms with van der Waals surface area (Å²) in [6.07, 6.45) is 8.56. The predicted molar refractivity (Wildman–Crippen MR) is 147 cm³/mol. The molecule has 40 heavy (non-hydrogen) atoms. The molecule has 3 aliphatic carbocycles. The number of rotatable bonds is 2. The average molecular weight is 572 g/mol. The quantitative estimate of drug-likeness (QED) is 0.446. The van der Waals surface area contributed by atoms with Gasteiger partial charge in [0.05, 0.1) is 29.9 Å². The molecule has 2 aromatic heterocycles. The van der Waals surface area contributed by atoms with Gasteiger partial charge in [-0.25, -0.2) is 14.8 Å². The highest BCUT2D eigenvalue weighted by Gasteiger charge is 2.61. The normalized spacial score (nSPS) is 26.9. The van der Waals surface area contributed by atoms with Gasteiger partial charge in [0.25, 0.3) is 0 Å². The van der Waals surface area contributed by atoms with E-state index < -0.39 is 11.4 Å². The molecule has 10 nitrogen and oxygen atoms in total. The van der Waals surface area contributed by atoms with Crippen LogP contribution in [0.2, 0.25) is 5.28 Å².